The highest BCUT2D eigenvalue weighted by Gasteiger charge is 2.62. The Balaban J connectivity index is 1.43. The second kappa shape index (κ2) is 9.89. The summed E-state index contributed by atoms with van der Waals surface area (Å²) in [6, 6.07) is 8.84. The summed E-state index contributed by atoms with van der Waals surface area (Å²) >= 11 is 9.16. The Labute approximate surface area is 251 Å². The van der Waals surface area contributed by atoms with Crippen molar-refractivity contribution in [3.63, 3.8) is 0 Å². The van der Waals surface area contributed by atoms with Gasteiger partial charge in [-0.3, -0.25) is 9.99 Å². The molecule has 3 saturated carbocycles. The van der Waals surface area contributed by atoms with Crippen LogP contribution < -0.4 is 21.6 Å². The highest BCUT2D eigenvalue weighted by Crippen LogP contribution is 2.62. The van der Waals surface area contributed by atoms with E-state index in [1.54, 1.807) is 12.3 Å². The summed E-state index contributed by atoms with van der Waals surface area (Å²) in [5.41, 5.74) is 11.8. The maximum atomic E-state index is 14.0. The normalized spacial score (nSPS) is 22.4. The molecular weight excluding hydrogens is 642 g/mol. The zero-order chi connectivity index (χ0) is 28.4. The molecule has 40 heavy (non-hydrogen) atoms. The van der Waals surface area contributed by atoms with Gasteiger partial charge in [0.2, 0.25) is 5.95 Å². The largest absolute Gasteiger partial charge is 0.383 e. The molecular formula is C29H31ClFIN8. The van der Waals surface area contributed by atoms with Crippen molar-refractivity contribution in [3.05, 3.63) is 67.7 Å². The molecule has 4 N–H and O–H groups in total. The van der Waals surface area contributed by atoms with Crippen LogP contribution in [0.2, 0.25) is 5.02 Å². The van der Waals surface area contributed by atoms with Gasteiger partial charge in [-0.05, 0) is 78.3 Å². The SMILES string of the molecule is Cc1nc(F)ccc1[C@H](Nc1cc(Cl)c2ncc(C#N)c(NCC(C)(C)C)c2c1)C1=C(I)N(C23CC(C2)C3)NN1. The molecule has 208 valence electrons. The van der Waals surface area contributed by atoms with Crippen LogP contribution in [0.4, 0.5) is 15.8 Å². The lowest BCUT2D eigenvalue weighted by atomic mass is 9.49. The highest BCUT2D eigenvalue weighted by atomic mass is 127. The number of aryl methyl sites for hydroxylation is 1. The van der Waals surface area contributed by atoms with E-state index in [2.05, 4.69) is 86.0 Å². The van der Waals surface area contributed by atoms with Crippen LogP contribution in [0.5, 0.6) is 0 Å². The molecule has 1 atom stereocenters. The monoisotopic (exact) mass is 672 g/mol. The minimum Gasteiger partial charge on any atom is -0.383 e. The maximum Gasteiger partial charge on any atom is 0.213 e. The lowest BCUT2D eigenvalue weighted by Crippen LogP contribution is -2.70. The van der Waals surface area contributed by atoms with Gasteiger partial charge in [-0.1, -0.05) is 38.4 Å². The molecule has 3 heterocycles. The number of aromatic nitrogens is 2. The van der Waals surface area contributed by atoms with Crippen LogP contribution >= 0.6 is 34.2 Å². The predicted molar refractivity (Wildman–Crippen MR) is 164 cm³/mol. The number of hydrogen-bond donors (Lipinski definition) is 4. The molecule has 2 bridgehead atoms. The minimum absolute atomic E-state index is 0.00322. The molecule has 7 rings (SSSR count). The molecule has 0 amide bonds. The number of hydrogen-bond acceptors (Lipinski definition) is 8. The van der Waals surface area contributed by atoms with Gasteiger partial charge >= 0.3 is 0 Å². The minimum atomic E-state index is -0.518. The van der Waals surface area contributed by atoms with Crippen molar-refractivity contribution < 1.29 is 4.39 Å². The van der Waals surface area contributed by atoms with E-state index >= 15 is 0 Å². The van der Waals surface area contributed by atoms with Gasteiger partial charge in [0, 0.05) is 35.1 Å². The number of nitrogens with zero attached hydrogens (tertiary/aromatic N) is 4. The quantitative estimate of drug-likeness (QED) is 0.125. The lowest BCUT2D eigenvalue weighted by Gasteiger charge is -2.65. The van der Waals surface area contributed by atoms with Crippen molar-refractivity contribution in [1.29, 1.82) is 5.26 Å². The number of anilines is 2. The summed E-state index contributed by atoms with van der Waals surface area (Å²) in [6.45, 7) is 8.87. The molecule has 0 spiro atoms. The summed E-state index contributed by atoms with van der Waals surface area (Å²) in [5.74, 6) is 0.315. The molecule has 11 heteroatoms. The second-order valence-corrected chi connectivity index (χ2v) is 13.7. The first kappa shape index (κ1) is 27.3. The molecule has 8 nitrogen and oxygen atoms in total. The highest BCUT2D eigenvalue weighted by molar-refractivity contribution is 14.1. The van der Waals surface area contributed by atoms with Crippen molar-refractivity contribution in [3.8, 4) is 6.07 Å². The third-order valence-electron chi connectivity index (χ3n) is 8.05. The predicted octanol–water partition coefficient (Wildman–Crippen LogP) is 6.70. The number of pyridine rings is 2. The first-order valence-electron chi connectivity index (χ1n) is 13.4. The average molecular weight is 673 g/mol. The second-order valence-electron chi connectivity index (χ2n) is 12.3. The van der Waals surface area contributed by atoms with Crippen LogP contribution in [0.1, 0.15) is 62.9 Å². The standard InChI is InChI=1S/C29H31ClFIN8/c1-15-19(5-6-22(31)36-15)25(26-27(32)40(39-38-26)29-9-16(10-29)11-29)37-18-7-20-23(35-14-28(2,3)4)17(12-33)13-34-24(20)21(30)8-18/h5-8,13,16,25,37-39H,9-11,14H2,1-4H3,(H,34,35)/t16?,25-,29?/m0/s1. The Bertz CT molecular complexity index is 1580. The molecule has 2 aromatic heterocycles. The lowest BCUT2D eigenvalue weighted by molar-refractivity contribution is -0.142. The van der Waals surface area contributed by atoms with Crippen LogP contribution in [0, 0.1) is 35.5 Å². The van der Waals surface area contributed by atoms with E-state index in [-0.39, 0.29) is 17.0 Å². The molecule has 3 aliphatic carbocycles. The van der Waals surface area contributed by atoms with Gasteiger partial charge in [0.25, 0.3) is 0 Å². The topological polar surface area (TPSA) is 101 Å². The van der Waals surface area contributed by atoms with Crippen molar-refractivity contribution in [2.75, 3.05) is 17.2 Å². The third-order valence-corrected chi connectivity index (χ3v) is 9.40. The zero-order valence-electron chi connectivity index (χ0n) is 22.8. The van der Waals surface area contributed by atoms with Gasteiger partial charge in [0.15, 0.2) is 0 Å². The van der Waals surface area contributed by atoms with E-state index in [1.165, 1.54) is 25.3 Å². The maximum absolute atomic E-state index is 14.0. The zero-order valence-corrected chi connectivity index (χ0v) is 25.7. The van der Waals surface area contributed by atoms with Crippen molar-refractivity contribution in [1.82, 2.24) is 25.9 Å². The van der Waals surface area contributed by atoms with Gasteiger partial charge in [-0.15, -0.1) is 5.53 Å². The fourth-order valence-electron chi connectivity index (χ4n) is 5.85. The molecule has 4 aliphatic rings. The number of halogens is 3. The number of benzene rings is 1. The first-order chi connectivity index (χ1) is 19.0. The van der Waals surface area contributed by atoms with Crippen LogP contribution in [0.15, 0.2) is 39.9 Å². The van der Waals surface area contributed by atoms with Crippen LogP contribution in [-0.2, 0) is 0 Å². The molecule has 1 aromatic carbocycles. The average Bonchev–Trinajstić information content (AvgIpc) is 3.19. The Kier molecular flexibility index (Phi) is 6.75. The Morgan fingerprint density at radius 3 is 2.67 bits per heavy atom. The van der Waals surface area contributed by atoms with Gasteiger partial charge in [-0.25, -0.2) is 4.98 Å². The molecule has 0 radical (unpaired) electrons. The molecule has 1 aliphatic heterocycles. The van der Waals surface area contributed by atoms with E-state index in [0.29, 0.717) is 34.0 Å². The van der Waals surface area contributed by atoms with Crippen molar-refractivity contribution in [2.24, 2.45) is 11.3 Å². The van der Waals surface area contributed by atoms with E-state index in [1.807, 2.05) is 19.1 Å². The summed E-state index contributed by atoms with van der Waals surface area (Å²) in [7, 11) is 0. The van der Waals surface area contributed by atoms with Crippen molar-refractivity contribution in [2.45, 2.75) is 58.5 Å². The summed E-state index contributed by atoms with van der Waals surface area (Å²) in [5, 5.41) is 20.4. The Hall–Kier alpha value is -2.88. The first-order valence-corrected chi connectivity index (χ1v) is 14.8. The molecule has 3 fully saturated rings. The van der Waals surface area contributed by atoms with Crippen LogP contribution in [0.3, 0.4) is 0 Å². The van der Waals surface area contributed by atoms with Gasteiger partial charge < -0.3 is 16.1 Å². The summed E-state index contributed by atoms with van der Waals surface area (Å²) < 4.78 is 15.1. The number of hydrazine groups is 2. The molecule has 3 aromatic rings. The van der Waals surface area contributed by atoms with Crippen LogP contribution in [-0.4, -0.2) is 27.1 Å². The number of nitrogens with one attached hydrogen (secondary N) is 4. The number of fused-ring (bicyclic) bond motifs is 1. The smallest absolute Gasteiger partial charge is 0.213 e. The van der Waals surface area contributed by atoms with E-state index in [4.69, 9.17) is 11.6 Å². The Morgan fingerprint density at radius 2 is 2.05 bits per heavy atom. The van der Waals surface area contributed by atoms with Crippen LogP contribution in [0.25, 0.3) is 10.9 Å². The van der Waals surface area contributed by atoms with E-state index in [9.17, 15) is 9.65 Å². The third kappa shape index (κ3) is 4.72. The van der Waals surface area contributed by atoms with E-state index < -0.39 is 5.95 Å². The summed E-state index contributed by atoms with van der Waals surface area (Å²) in [6.07, 6.45) is 5.13. The van der Waals surface area contributed by atoms with Gasteiger partial charge in [0.05, 0.1) is 39.1 Å². The van der Waals surface area contributed by atoms with Gasteiger partial charge in [-0.2, -0.15) is 9.65 Å². The molecule has 0 saturated heterocycles. The van der Waals surface area contributed by atoms with E-state index in [0.717, 1.165) is 32.0 Å². The number of rotatable bonds is 7. The summed E-state index contributed by atoms with van der Waals surface area (Å²) in [4.78, 5) is 8.60. The van der Waals surface area contributed by atoms with Gasteiger partial charge in [0.1, 0.15) is 9.77 Å². The fraction of sp³-hybridized carbons (Fsp3) is 0.414. The molecule has 0 unspecified atom stereocenters. The number of nitriles is 1. The van der Waals surface area contributed by atoms with Crippen molar-refractivity contribution >= 4 is 56.5 Å². The fourth-order valence-corrected chi connectivity index (χ4v) is 7.20. The Morgan fingerprint density at radius 1 is 1.30 bits per heavy atom.